The maximum Gasteiger partial charge on any atom is 0.0540 e. The highest BCUT2D eigenvalue weighted by atomic mass is 16.2. The van der Waals surface area contributed by atoms with Gasteiger partial charge in [-0.05, 0) is 37.4 Å². The lowest BCUT2D eigenvalue weighted by atomic mass is 10.1. The lowest BCUT2D eigenvalue weighted by Crippen LogP contribution is -2.27. The average Bonchev–Trinajstić information content (AvgIpc) is 3.30. The van der Waals surface area contributed by atoms with Gasteiger partial charge in [-0.2, -0.15) is 0 Å². The van der Waals surface area contributed by atoms with E-state index in [1.54, 1.807) is 0 Å². The van der Waals surface area contributed by atoms with Gasteiger partial charge >= 0.3 is 0 Å². The third-order valence-electron chi connectivity index (χ3n) is 3.71. The molecule has 1 aromatic carbocycles. The summed E-state index contributed by atoms with van der Waals surface area (Å²) >= 11 is 0. The van der Waals surface area contributed by atoms with E-state index in [1.165, 1.54) is 37.8 Å². The lowest BCUT2D eigenvalue weighted by Gasteiger charge is -2.22. The zero-order valence-electron chi connectivity index (χ0n) is 12.4. The third-order valence-corrected chi connectivity index (χ3v) is 3.71. The minimum absolute atomic E-state index is 0.139. The van der Waals surface area contributed by atoms with Gasteiger partial charge in [0.25, 0.3) is 0 Å². The summed E-state index contributed by atoms with van der Waals surface area (Å²) in [5.41, 5.74) is 2.43. The molecule has 0 spiro atoms. The van der Waals surface area contributed by atoms with Gasteiger partial charge in [-0.3, -0.25) is 4.90 Å². The van der Waals surface area contributed by atoms with Gasteiger partial charge in [0, 0.05) is 24.6 Å². The third kappa shape index (κ3) is 4.67. The molecule has 0 unspecified atom stereocenters. The van der Waals surface area contributed by atoms with E-state index in [9.17, 15) is 0 Å². The molecule has 0 aliphatic heterocycles. The van der Waals surface area contributed by atoms with Crippen LogP contribution in [0.25, 0.3) is 0 Å². The Hall–Kier alpha value is -1.30. The molecule has 1 saturated carbocycles. The van der Waals surface area contributed by atoms with Gasteiger partial charge in [-0.15, -0.1) is 0 Å². The van der Waals surface area contributed by atoms with Crippen molar-refractivity contribution in [2.24, 2.45) is 0 Å². The second-order valence-corrected chi connectivity index (χ2v) is 5.49. The monoisotopic (exact) mass is 271 g/mol. The average molecular weight is 271 g/mol. The summed E-state index contributed by atoms with van der Waals surface area (Å²) in [6, 6.07) is 9.20. The number of hydrogen-bond acceptors (Lipinski definition) is 2. The number of benzene rings is 1. The van der Waals surface area contributed by atoms with Crippen LogP contribution in [0, 0.1) is 11.8 Å². The second kappa shape index (κ2) is 8.09. The van der Waals surface area contributed by atoms with Gasteiger partial charge in [0.15, 0.2) is 0 Å². The Morgan fingerprint density at radius 3 is 2.80 bits per heavy atom. The van der Waals surface area contributed by atoms with E-state index in [4.69, 9.17) is 5.11 Å². The van der Waals surface area contributed by atoms with Gasteiger partial charge in [0.2, 0.25) is 0 Å². The SMILES string of the molecule is CCCCN(Cc1ccccc1C#CCCO)C1CC1. The zero-order chi connectivity index (χ0) is 14.2. The molecule has 2 rings (SSSR count). The Kier molecular flexibility index (Phi) is 6.11. The van der Waals surface area contributed by atoms with Crippen LogP contribution in [0.15, 0.2) is 24.3 Å². The van der Waals surface area contributed by atoms with Crippen LogP contribution in [0.2, 0.25) is 0 Å². The van der Waals surface area contributed by atoms with Gasteiger partial charge in [-0.1, -0.05) is 43.4 Å². The van der Waals surface area contributed by atoms with E-state index in [0.717, 1.165) is 18.2 Å². The molecule has 1 aromatic rings. The Morgan fingerprint density at radius 2 is 2.10 bits per heavy atom. The fourth-order valence-corrected chi connectivity index (χ4v) is 2.40. The van der Waals surface area contributed by atoms with Crippen LogP contribution < -0.4 is 0 Å². The summed E-state index contributed by atoms with van der Waals surface area (Å²) < 4.78 is 0. The molecule has 0 atom stereocenters. The summed E-state index contributed by atoms with van der Waals surface area (Å²) in [6.45, 7) is 4.59. The first-order valence-electron chi connectivity index (χ1n) is 7.76. The Bertz CT molecular complexity index is 468. The molecule has 1 N–H and O–H groups in total. The quantitative estimate of drug-likeness (QED) is 0.770. The van der Waals surface area contributed by atoms with Crippen molar-refractivity contribution in [3.05, 3.63) is 35.4 Å². The fraction of sp³-hybridized carbons (Fsp3) is 0.556. The number of aliphatic hydroxyl groups excluding tert-OH is 1. The molecule has 1 aliphatic carbocycles. The summed E-state index contributed by atoms with van der Waals surface area (Å²) in [5.74, 6) is 6.23. The van der Waals surface area contributed by atoms with Crippen LogP contribution in [0.4, 0.5) is 0 Å². The van der Waals surface area contributed by atoms with Crippen LogP contribution in [0.5, 0.6) is 0 Å². The molecular formula is C18H25NO. The predicted molar refractivity (Wildman–Crippen MR) is 83.4 cm³/mol. The van der Waals surface area contributed by atoms with Crippen molar-refractivity contribution in [3.8, 4) is 11.8 Å². The standard InChI is InChI=1S/C18H25NO/c1-2-3-13-19(18-11-12-18)15-17-10-5-4-8-16(17)9-6-7-14-20/h4-5,8,10,18,20H,2-3,7,11-15H2,1H3. The first-order chi connectivity index (χ1) is 9.85. The molecule has 2 heteroatoms. The molecule has 20 heavy (non-hydrogen) atoms. The number of rotatable bonds is 7. The highest BCUT2D eigenvalue weighted by Crippen LogP contribution is 2.29. The van der Waals surface area contributed by atoms with Crippen molar-refractivity contribution in [3.63, 3.8) is 0 Å². The highest BCUT2D eigenvalue weighted by molar-refractivity contribution is 5.41. The maximum absolute atomic E-state index is 8.83. The zero-order valence-corrected chi connectivity index (χ0v) is 12.4. The fourth-order valence-electron chi connectivity index (χ4n) is 2.40. The van der Waals surface area contributed by atoms with Crippen LogP contribution in [0.3, 0.4) is 0 Å². The van der Waals surface area contributed by atoms with Crippen molar-refractivity contribution in [1.82, 2.24) is 4.90 Å². The second-order valence-electron chi connectivity index (χ2n) is 5.49. The molecule has 1 aliphatic rings. The molecule has 0 saturated heterocycles. The largest absolute Gasteiger partial charge is 0.395 e. The number of nitrogens with zero attached hydrogens (tertiary/aromatic N) is 1. The summed E-state index contributed by atoms with van der Waals surface area (Å²) in [6.07, 6.45) is 5.77. The van der Waals surface area contributed by atoms with Gasteiger partial charge in [-0.25, -0.2) is 0 Å². The number of hydrogen-bond donors (Lipinski definition) is 1. The van der Waals surface area contributed by atoms with Gasteiger partial charge in [0.05, 0.1) is 6.61 Å². The summed E-state index contributed by atoms with van der Waals surface area (Å²) in [4.78, 5) is 2.61. The molecule has 108 valence electrons. The molecule has 0 amide bonds. The van der Waals surface area contributed by atoms with E-state index in [2.05, 4.69) is 41.9 Å². The predicted octanol–water partition coefficient (Wildman–Crippen LogP) is 3.19. The normalized spacial score (nSPS) is 14.2. The Labute approximate surface area is 122 Å². The van der Waals surface area contributed by atoms with Crippen molar-refractivity contribution >= 4 is 0 Å². The number of unbranched alkanes of at least 4 members (excludes halogenated alkanes) is 1. The van der Waals surface area contributed by atoms with Gasteiger partial charge < -0.3 is 5.11 Å². The Morgan fingerprint density at radius 1 is 1.30 bits per heavy atom. The van der Waals surface area contributed by atoms with E-state index in [0.29, 0.717) is 6.42 Å². The van der Waals surface area contributed by atoms with Crippen LogP contribution in [-0.4, -0.2) is 29.2 Å². The molecule has 0 bridgehead atoms. The summed E-state index contributed by atoms with van der Waals surface area (Å²) in [5, 5.41) is 8.83. The molecule has 0 radical (unpaired) electrons. The smallest absolute Gasteiger partial charge is 0.0540 e. The molecule has 0 heterocycles. The Balaban J connectivity index is 2.05. The van der Waals surface area contributed by atoms with Crippen molar-refractivity contribution in [2.45, 2.75) is 51.6 Å². The lowest BCUT2D eigenvalue weighted by molar-refractivity contribution is 0.250. The maximum atomic E-state index is 8.83. The molecular weight excluding hydrogens is 246 g/mol. The van der Waals surface area contributed by atoms with E-state index in [-0.39, 0.29) is 6.61 Å². The van der Waals surface area contributed by atoms with E-state index in [1.807, 2.05) is 6.07 Å². The van der Waals surface area contributed by atoms with E-state index >= 15 is 0 Å². The highest BCUT2D eigenvalue weighted by Gasteiger charge is 2.28. The molecule has 1 fully saturated rings. The van der Waals surface area contributed by atoms with Crippen LogP contribution >= 0.6 is 0 Å². The summed E-state index contributed by atoms with van der Waals surface area (Å²) in [7, 11) is 0. The molecule has 0 aromatic heterocycles. The topological polar surface area (TPSA) is 23.5 Å². The van der Waals surface area contributed by atoms with Crippen molar-refractivity contribution in [2.75, 3.05) is 13.2 Å². The molecule has 2 nitrogen and oxygen atoms in total. The van der Waals surface area contributed by atoms with E-state index < -0.39 is 0 Å². The van der Waals surface area contributed by atoms with Crippen molar-refractivity contribution < 1.29 is 5.11 Å². The van der Waals surface area contributed by atoms with Crippen LogP contribution in [-0.2, 0) is 6.54 Å². The van der Waals surface area contributed by atoms with Gasteiger partial charge in [0.1, 0.15) is 0 Å². The van der Waals surface area contributed by atoms with Crippen LogP contribution in [0.1, 0.15) is 50.2 Å². The minimum atomic E-state index is 0.139. The first-order valence-corrected chi connectivity index (χ1v) is 7.76. The van der Waals surface area contributed by atoms with Crippen molar-refractivity contribution in [1.29, 1.82) is 0 Å². The minimum Gasteiger partial charge on any atom is -0.395 e. The first kappa shape index (κ1) is 15.1. The number of aliphatic hydroxyl groups is 1.